The highest BCUT2D eigenvalue weighted by Gasteiger charge is 2.22. The zero-order valence-electron chi connectivity index (χ0n) is 15.8. The number of ether oxygens (including phenoxy) is 1. The van der Waals surface area contributed by atoms with Crippen molar-refractivity contribution in [3.63, 3.8) is 0 Å². The summed E-state index contributed by atoms with van der Waals surface area (Å²) in [4.78, 5) is 32.5. The number of aryl methyl sites for hydroxylation is 1. The Kier molecular flexibility index (Phi) is 5.07. The number of aromatic amines is 1. The SMILES string of the molecule is Cc1[nH]c2ccccc2c1C(=O)C(=O)Nc1ccc(OCc2ccccc2)nc1. The summed E-state index contributed by atoms with van der Waals surface area (Å²) in [7, 11) is 0. The fraction of sp³-hybridized carbons (Fsp3) is 0.0870. The molecule has 4 aromatic rings. The topological polar surface area (TPSA) is 84.1 Å². The molecule has 2 aromatic heterocycles. The van der Waals surface area contributed by atoms with Crippen LogP contribution in [0, 0.1) is 6.92 Å². The maximum Gasteiger partial charge on any atom is 0.296 e. The largest absolute Gasteiger partial charge is 0.473 e. The van der Waals surface area contributed by atoms with Gasteiger partial charge in [0.25, 0.3) is 11.7 Å². The first-order valence-corrected chi connectivity index (χ1v) is 9.17. The molecule has 29 heavy (non-hydrogen) atoms. The normalized spacial score (nSPS) is 10.7. The second-order valence-electron chi connectivity index (χ2n) is 6.61. The van der Waals surface area contributed by atoms with Crippen LogP contribution in [0.25, 0.3) is 10.9 Å². The van der Waals surface area contributed by atoms with E-state index in [0.29, 0.717) is 29.4 Å². The van der Waals surface area contributed by atoms with E-state index in [1.165, 1.54) is 6.20 Å². The highest BCUT2D eigenvalue weighted by Crippen LogP contribution is 2.23. The number of carbonyl (C=O) groups is 2. The molecule has 0 unspecified atom stereocenters. The Bertz CT molecular complexity index is 1170. The Morgan fingerprint density at radius 3 is 2.52 bits per heavy atom. The molecule has 144 valence electrons. The summed E-state index contributed by atoms with van der Waals surface area (Å²) in [6.07, 6.45) is 1.47. The molecule has 0 atom stereocenters. The van der Waals surface area contributed by atoms with Gasteiger partial charge in [-0.1, -0.05) is 48.5 Å². The minimum Gasteiger partial charge on any atom is -0.473 e. The third-order valence-corrected chi connectivity index (χ3v) is 4.55. The van der Waals surface area contributed by atoms with Gasteiger partial charge in [-0.25, -0.2) is 4.98 Å². The summed E-state index contributed by atoms with van der Waals surface area (Å²) in [6.45, 7) is 2.18. The van der Waals surface area contributed by atoms with E-state index in [-0.39, 0.29) is 0 Å². The van der Waals surface area contributed by atoms with E-state index in [1.807, 2.05) is 54.6 Å². The number of ketones is 1. The number of fused-ring (bicyclic) bond motifs is 1. The number of amides is 1. The minimum absolute atomic E-state index is 0.383. The van der Waals surface area contributed by atoms with Crippen molar-refractivity contribution in [3.05, 3.63) is 89.7 Å². The highest BCUT2D eigenvalue weighted by molar-refractivity contribution is 6.48. The molecule has 0 radical (unpaired) electrons. The van der Waals surface area contributed by atoms with Crippen molar-refractivity contribution in [2.45, 2.75) is 13.5 Å². The lowest BCUT2D eigenvalue weighted by molar-refractivity contribution is -0.112. The predicted molar refractivity (Wildman–Crippen MR) is 111 cm³/mol. The number of hydrogen-bond donors (Lipinski definition) is 2. The molecule has 6 heteroatoms. The number of carbonyl (C=O) groups excluding carboxylic acids is 2. The van der Waals surface area contributed by atoms with Crippen LogP contribution < -0.4 is 10.1 Å². The molecule has 0 aliphatic heterocycles. The number of para-hydroxylation sites is 1. The third-order valence-electron chi connectivity index (χ3n) is 4.55. The van der Waals surface area contributed by atoms with Gasteiger partial charge in [0.05, 0.1) is 17.4 Å². The maximum absolute atomic E-state index is 12.7. The van der Waals surface area contributed by atoms with Gasteiger partial charge in [0, 0.05) is 22.7 Å². The molecule has 2 N–H and O–H groups in total. The monoisotopic (exact) mass is 385 g/mol. The van der Waals surface area contributed by atoms with Crippen molar-refractivity contribution < 1.29 is 14.3 Å². The van der Waals surface area contributed by atoms with Gasteiger partial charge in [-0.3, -0.25) is 9.59 Å². The zero-order valence-corrected chi connectivity index (χ0v) is 15.8. The van der Waals surface area contributed by atoms with E-state index < -0.39 is 11.7 Å². The minimum atomic E-state index is -0.711. The van der Waals surface area contributed by atoms with Crippen molar-refractivity contribution >= 4 is 28.3 Å². The Morgan fingerprint density at radius 1 is 1.00 bits per heavy atom. The summed E-state index contributed by atoms with van der Waals surface area (Å²) in [6, 6.07) is 20.5. The van der Waals surface area contributed by atoms with Crippen LogP contribution in [0.2, 0.25) is 0 Å². The van der Waals surface area contributed by atoms with Gasteiger partial charge in [-0.15, -0.1) is 0 Å². The standard InChI is InChI=1S/C23H19N3O3/c1-15-21(18-9-5-6-10-19(18)25-15)22(27)23(28)26-17-11-12-20(24-13-17)29-14-16-7-3-2-4-8-16/h2-13,25H,14H2,1H3,(H,26,28). The highest BCUT2D eigenvalue weighted by atomic mass is 16.5. The number of Topliss-reactive ketones (excluding diaryl/α,β-unsaturated/α-hetero) is 1. The van der Waals surface area contributed by atoms with Crippen LogP contribution in [0.4, 0.5) is 5.69 Å². The second kappa shape index (κ2) is 7.98. The van der Waals surface area contributed by atoms with Crippen LogP contribution in [0.5, 0.6) is 5.88 Å². The maximum atomic E-state index is 12.7. The Morgan fingerprint density at radius 2 is 1.76 bits per heavy atom. The molecule has 0 aliphatic carbocycles. The molecule has 1 amide bonds. The first-order chi connectivity index (χ1) is 14.1. The molecule has 6 nitrogen and oxygen atoms in total. The van der Waals surface area contributed by atoms with Crippen LogP contribution in [0.1, 0.15) is 21.6 Å². The molecular formula is C23H19N3O3. The summed E-state index contributed by atoms with van der Waals surface area (Å²) in [5, 5.41) is 3.33. The molecule has 0 saturated heterocycles. The Hall–Kier alpha value is -3.93. The molecule has 0 fully saturated rings. The first kappa shape index (κ1) is 18.4. The lowest BCUT2D eigenvalue weighted by atomic mass is 10.1. The molecule has 4 rings (SSSR count). The van der Waals surface area contributed by atoms with Crippen LogP contribution in [0.15, 0.2) is 72.9 Å². The molecule has 0 aliphatic rings. The van der Waals surface area contributed by atoms with E-state index in [1.54, 1.807) is 19.1 Å². The van der Waals surface area contributed by atoms with Crippen molar-refractivity contribution in [2.75, 3.05) is 5.32 Å². The number of pyridine rings is 1. The summed E-state index contributed by atoms with van der Waals surface area (Å²) >= 11 is 0. The van der Waals surface area contributed by atoms with Gasteiger partial charge < -0.3 is 15.0 Å². The van der Waals surface area contributed by atoms with Gasteiger partial charge >= 0.3 is 0 Å². The lowest BCUT2D eigenvalue weighted by Crippen LogP contribution is -2.23. The lowest BCUT2D eigenvalue weighted by Gasteiger charge is -2.07. The van der Waals surface area contributed by atoms with Gasteiger partial charge in [-0.05, 0) is 24.6 Å². The van der Waals surface area contributed by atoms with Crippen LogP contribution in [-0.2, 0) is 11.4 Å². The number of rotatable bonds is 6. The number of H-pyrrole nitrogens is 1. The van der Waals surface area contributed by atoms with E-state index in [0.717, 1.165) is 16.5 Å². The predicted octanol–water partition coefficient (Wildman–Crippen LogP) is 4.27. The molecule has 2 heterocycles. The third kappa shape index (κ3) is 4.01. The van der Waals surface area contributed by atoms with E-state index in [4.69, 9.17) is 4.74 Å². The van der Waals surface area contributed by atoms with E-state index >= 15 is 0 Å². The number of anilines is 1. The number of hydrogen-bond acceptors (Lipinski definition) is 4. The van der Waals surface area contributed by atoms with Gasteiger partial charge in [0.1, 0.15) is 6.61 Å². The number of aromatic nitrogens is 2. The van der Waals surface area contributed by atoms with Crippen molar-refractivity contribution in [3.8, 4) is 5.88 Å². The van der Waals surface area contributed by atoms with Crippen LogP contribution in [0.3, 0.4) is 0 Å². The molecule has 0 bridgehead atoms. The van der Waals surface area contributed by atoms with Crippen LogP contribution >= 0.6 is 0 Å². The van der Waals surface area contributed by atoms with Crippen molar-refractivity contribution in [1.82, 2.24) is 9.97 Å². The van der Waals surface area contributed by atoms with Crippen molar-refractivity contribution in [1.29, 1.82) is 0 Å². The van der Waals surface area contributed by atoms with E-state index in [2.05, 4.69) is 15.3 Å². The number of nitrogens with zero attached hydrogens (tertiary/aromatic N) is 1. The summed E-state index contributed by atoms with van der Waals surface area (Å²) in [5.41, 5.74) is 3.32. The van der Waals surface area contributed by atoms with Gasteiger partial charge in [0.15, 0.2) is 0 Å². The van der Waals surface area contributed by atoms with Crippen molar-refractivity contribution in [2.24, 2.45) is 0 Å². The number of benzene rings is 2. The zero-order chi connectivity index (χ0) is 20.2. The average molecular weight is 385 g/mol. The summed E-state index contributed by atoms with van der Waals surface area (Å²) in [5.74, 6) is -0.868. The first-order valence-electron chi connectivity index (χ1n) is 9.17. The fourth-order valence-electron chi connectivity index (χ4n) is 3.14. The molecule has 2 aromatic carbocycles. The molecule has 0 saturated carbocycles. The van der Waals surface area contributed by atoms with E-state index in [9.17, 15) is 9.59 Å². The molecule has 0 spiro atoms. The van der Waals surface area contributed by atoms with Gasteiger partial charge in [0.2, 0.25) is 5.88 Å². The second-order valence-corrected chi connectivity index (χ2v) is 6.61. The Balaban J connectivity index is 1.42. The average Bonchev–Trinajstić information content (AvgIpc) is 3.09. The van der Waals surface area contributed by atoms with Gasteiger partial charge in [-0.2, -0.15) is 0 Å². The number of nitrogens with one attached hydrogen (secondary N) is 2. The fourth-order valence-corrected chi connectivity index (χ4v) is 3.14. The summed E-state index contributed by atoms with van der Waals surface area (Å²) < 4.78 is 5.63. The smallest absolute Gasteiger partial charge is 0.296 e. The van der Waals surface area contributed by atoms with Crippen LogP contribution in [-0.4, -0.2) is 21.7 Å². The molecular weight excluding hydrogens is 366 g/mol. The quantitative estimate of drug-likeness (QED) is 0.383. The Labute approximate surface area is 167 Å².